The molecule has 0 radical (unpaired) electrons. The average Bonchev–Trinajstić information content (AvgIpc) is 2.52. The Balaban J connectivity index is 0.00000106. The number of ketones is 1. The van der Waals surface area contributed by atoms with Crippen LogP contribution in [0.3, 0.4) is 0 Å². The van der Waals surface area contributed by atoms with E-state index in [0.29, 0.717) is 26.1 Å². The Bertz CT molecular complexity index is 445. The fourth-order valence-corrected chi connectivity index (χ4v) is 2.33. The molecule has 1 aromatic carbocycles. The fraction of sp³-hybridized carbons (Fsp3) is 0.529. The Hall–Kier alpha value is -1.68. The molecule has 2 rings (SSSR count). The summed E-state index contributed by atoms with van der Waals surface area (Å²) in [4.78, 5) is 25.7. The highest BCUT2D eigenvalue weighted by molar-refractivity contribution is 5.99. The predicted molar refractivity (Wildman–Crippen MR) is 82.8 cm³/mol. The number of rotatable bonds is 4. The van der Waals surface area contributed by atoms with Gasteiger partial charge in [-0.3, -0.25) is 14.5 Å². The second-order valence-electron chi connectivity index (χ2n) is 4.74. The molecule has 0 spiro atoms. The van der Waals surface area contributed by atoms with E-state index in [1.165, 1.54) is 5.56 Å². The van der Waals surface area contributed by atoms with E-state index in [1.54, 1.807) is 6.92 Å². The monoisotopic (exact) mass is 291 g/mol. The van der Waals surface area contributed by atoms with E-state index in [2.05, 4.69) is 17.0 Å². The van der Waals surface area contributed by atoms with Gasteiger partial charge in [0.2, 0.25) is 0 Å². The molecule has 1 heterocycles. The molecule has 4 heteroatoms. The first-order valence-corrected chi connectivity index (χ1v) is 7.66. The maximum Gasteiger partial charge on any atom is 0.317 e. The van der Waals surface area contributed by atoms with Gasteiger partial charge < -0.3 is 4.74 Å². The molecule has 1 unspecified atom stereocenters. The standard InChI is InChI=1S/C15H19NO3.C2H6/c1-2-19-15(18)13-11-16(9-8-14(13)17)10-12-6-4-3-5-7-12;1-2/h3-7,13H,2,8-11H2,1H3;1-2H3. The molecule has 0 aromatic heterocycles. The molecule has 1 saturated heterocycles. The summed E-state index contributed by atoms with van der Waals surface area (Å²) >= 11 is 0. The first-order chi connectivity index (χ1) is 10.2. The minimum atomic E-state index is -0.614. The molecule has 4 nitrogen and oxygen atoms in total. The Labute approximate surface area is 127 Å². The summed E-state index contributed by atoms with van der Waals surface area (Å²) in [6, 6.07) is 10.1. The molecular formula is C17H25NO3. The molecule has 0 aliphatic carbocycles. The van der Waals surface area contributed by atoms with Gasteiger partial charge in [-0.1, -0.05) is 44.2 Å². The molecular weight excluding hydrogens is 266 g/mol. The van der Waals surface area contributed by atoms with Crippen molar-refractivity contribution in [2.75, 3.05) is 19.7 Å². The van der Waals surface area contributed by atoms with E-state index in [4.69, 9.17) is 4.74 Å². The third-order valence-electron chi connectivity index (χ3n) is 3.32. The molecule has 21 heavy (non-hydrogen) atoms. The lowest BCUT2D eigenvalue weighted by Crippen LogP contribution is -2.44. The minimum Gasteiger partial charge on any atom is -0.465 e. The highest BCUT2D eigenvalue weighted by Gasteiger charge is 2.33. The lowest BCUT2D eigenvalue weighted by Gasteiger charge is -2.30. The van der Waals surface area contributed by atoms with Crippen molar-refractivity contribution in [3.05, 3.63) is 35.9 Å². The molecule has 0 bridgehead atoms. The van der Waals surface area contributed by atoms with Crippen molar-refractivity contribution in [1.82, 2.24) is 4.90 Å². The van der Waals surface area contributed by atoms with Crippen LogP contribution in [0.15, 0.2) is 30.3 Å². The summed E-state index contributed by atoms with van der Waals surface area (Å²) in [5, 5.41) is 0. The smallest absolute Gasteiger partial charge is 0.317 e. The second kappa shape index (κ2) is 9.29. The second-order valence-corrected chi connectivity index (χ2v) is 4.74. The van der Waals surface area contributed by atoms with Crippen molar-refractivity contribution in [3.8, 4) is 0 Å². The molecule has 116 valence electrons. The normalized spacial score (nSPS) is 18.6. The lowest BCUT2D eigenvalue weighted by molar-refractivity contribution is -0.154. The van der Waals surface area contributed by atoms with Gasteiger partial charge in [-0.15, -0.1) is 0 Å². The average molecular weight is 291 g/mol. The van der Waals surface area contributed by atoms with Crippen LogP contribution in [-0.4, -0.2) is 36.3 Å². The maximum atomic E-state index is 11.8. The van der Waals surface area contributed by atoms with E-state index in [9.17, 15) is 9.59 Å². The van der Waals surface area contributed by atoms with E-state index < -0.39 is 5.92 Å². The van der Waals surface area contributed by atoms with Gasteiger partial charge in [0.25, 0.3) is 0 Å². The van der Waals surface area contributed by atoms with Crippen molar-refractivity contribution in [2.45, 2.75) is 33.7 Å². The molecule has 1 aliphatic heterocycles. The van der Waals surface area contributed by atoms with Crippen LogP contribution >= 0.6 is 0 Å². The third-order valence-corrected chi connectivity index (χ3v) is 3.32. The van der Waals surface area contributed by atoms with Crippen molar-refractivity contribution in [1.29, 1.82) is 0 Å². The van der Waals surface area contributed by atoms with Crippen molar-refractivity contribution >= 4 is 11.8 Å². The molecule has 1 atom stereocenters. The molecule has 0 saturated carbocycles. The van der Waals surface area contributed by atoms with Gasteiger partial charge in [-0.05, 0) is 12.5 Å². The summed E-state index contributed by atoms with van der Waals surface area (Å²) < 4.78 is 4.96. The van der Waals surface area contributed by atoms with Crippen molar-refractivity contribution < 1.29 is 14.3 Å². The van der Waals surface area contributed by atoms with E-state index in [0.717, 1.165) is 6.54 Å². The third kappa shape index (κ3) is 5.31. The van der Waals surface area contributed by atoms with Gasteiger partial charge in [0.1, 0.15) is 11.7 Å². The van der Waals surface area contributed by atoms with Crippen LogP contribution in [0.25, 0.3) is 0 Å². The van der Waals surface area contributed by atoms with E-state index in [1.807, 2.05) is 32.0 Å². The van der Waals surface area contributed by atoms with E-state index in [-0.39, 0.29) is 11.8 Å². The Morgan fingerprint density at radius 2 is 1.95 bits per heavy atom. The van der Waals surface area contributed by atoms with Crippen LogP contribution in [0.4, 0.5) is 0 Å². The van der Waals surface area contributed by atoms with Gasteiger partial charge in [-0.25, -0.2) is 0 Å². The number of hydrogen-bond donors (Lipinski definition) is 0. The number of Topliss-reactive ketones (excluding diaryl/α,β-unsaturated/α-hetero) is 1. The summed E-state index contributed by atoms with van der Waals surface area (Å²) in [5.74, 6) is -0.995. The number of carbonyl (C=O) groups is 2. The summed E-state index contributed by atoms with van der Waals surface area (Å²) in [7, 11) is 0. The van der Waals surface area contributed by atoms with Crippen LogP contribution in [0.1, 0.15) is 32.8 Å². The topological polar surface area (TPSA) is 46.6 Å². The Morgan fingerprint density at radius 1 is 1.29 bits per heavy atom. The number of hydrogen-bond acceptors (Lipinski definition) is 4. The van der Waals surface area contributed by atoms with E-state index >= 15 is 0 Å². The highest BCUT2D eigenvalue weighted by atomic mass is 16.5. The Morgan fingerprint density at radius 3 is 2.57 bits per heavy atom. The predicted octanol–water partition coefficient (Wildman–Crippen LogP) is 2.67. The van der Waals surface area contributed by atoms with Gasteiger partial charge in [0, 0.05) is 26.1 Å². The van der Waals surface area contributed by atoms with Crippen LogP contribution in [0.2, 0.25) is 0 Å². The van der Waals surface area contributed by atoms with Crippen molar-refractivity contribution in [2.24, 2.45) is 5.92 Å². The number of ether oxygens (including phenoxy) is 1. The first kappa shape index (κ1) is 17.4. The number of esters is 1. The molecule has 0 N–H and O–H groups in total. The van der Waals surface area contributed by atoms with Gasteiger partial charge in [0.15, 0.2) is 0 Å². The van der Waals surface area contributed by atoms with Crippen LogP contribution in [-0.2, 0) is 20.9 Å². The largest absolute Gasteiger partial charge is 0.465 e. The summed E-state index contributed by atoms with van der Waals surface area (Å²) in [6.07, 6.45) is 0.427. The zero-order valence-corrected chi connectivity index (χ0v) is 13.2. The zero-order chi connectivity index (χ0) is 15.7. The zero-order valence-electron chi connectivity index (χ0n) is 13.2. The van der Waals surface area contributed by atoms with Gasteiger partial charge in [0.05, 0.1) is 6.61 Å². The number of carbonyl (C=O) groups excluding carboxylic acids is 2. The van der Waals surface area contributed by atoms with Crippen molar-refractivity contribution in [3.63, 3.8) is 0 Å². The van der Waals surface area contributed by atoms with Crippen LogP contribution < -0.4 is 0 Å². The number of nitrogens with zero attached hydrogens (tertiary/aromatic N) is 1. The number of benzene rings is 1. The number of likely N-dealkylation sites (tertiary alicyclic amines) is 1. The molecule has 1 aromatic rings. The van der Waals surface area contributed by atoms with Crippen LogP contribution in [0, 0.1) is 5.92 Å². The quantitative estimate of drug-likeness (QED) is 0.632. The van der Waals surface area contributed by atoms with Crippen LogP contribution in [0.5, 0.6) is 0 Å². The highest BCUT2D eigenvalue weighted by Crippen LogP contribution is 2.17. The number of piperidine rings is 1. The lowest BCUT2D eigenvalue weighted by atomic mass is 9.96. The molecule has 1 fully saturated rings. The molecule has 0 amide bonds. The minimum absolute atomic E-state index is 0.00256. The summed E-state index contributed by atoms with van der Waals surface area (Å²) in [6.45, 7) is 8.02. The SMILES string of the molecule is CC.CCOC(=O)C1CN(Cc2ccccc2)CCC1=O. The van der Waals surface area contributed by atoms with Gasteiger partial charge in [-0.2, -0.15) is 0 Å². The summed E-state index contributed by atoms with van der Waals surface area (Å²) in [5.41, 5.74) is 1.19. The Kier molecular flexibility index (Phi) is 7.69. The van der Waals surface area contributed by atoms with Gasteiger partial charge >= 0.3 is 5.97 Å². The maximum absolute atomic E-state index is 11.8. The fourth-order valence-electron chi connectivity index (χ4n) is 2.33. The molecule has 1 aliphatic rings. The first-order valence-electron chi connectivity index (χ1n) is 7.66.